The molecule has 0 unspecified atom stereocenters. The lowest BCUT2D eigenvalue weighted by molar-refractivity contribution is 1.73. The van der Waals surface area contributed by atoms with Gasteiger partial charge in [0.05, 0.1) is 0 Å². The quantitative estimate of drug-likeness (QED) is 0.260. The molecule has 5 aromatic carbocycles. The summed E-state index contributed by atoms with van der Waals surface area (Å²) in [7, 11) is 0. The van der Waals surface area contributed by atoms with Crippen LogP contribution in [-0.4, -0.2) is 0 Å². The van der Waals surface area contributed by atoms with Gasteiger partial charge in [0.15, 0.2) is 0 Å². The molecule has 0 fully saturated rings. The third-order valence-corrected chi connectivity index (χ3v) is 5.19. The molecule has 0 saturated carbocycles. The summed E-state index contributed by atoms with van der Waals surface area (Å²) in [5, 5.41) is 10.5. The van der Waals surface area contributed by atoms with Gasteiger partial charge in [-0.25, -0.2) is 0 Å². The van der Waals surface area contributed by atoms with E-state index >= 15 is 0 Å². The number of halogens is 1. The summed E-state index contributed by atoms with van der Waals surface area (Å²) in [6, 6.07) is 28.6. The Hall–Kier alpha value is -2.38. The number of rotatable bonds is 0. The van der Waals surface area contributed by atoms with Crippen molar-refractivity contribution >= 4 is 59.0 Å². The van der Waals surface area contributed by atoms with Crippen LogP contribution in [0.3, 0.4) is 0 Å². The molecule has 0 nitrogen and oxygen atoms in total. The van der Waals surface area contributed by atoms with Crippen molar-refractivity contribution in [2.24, 2.45) is 0 Å². The van der Waals surface area contributed by atoms with Crippen molar-refractivity contribution in [1.29, 1.82) is 0 Å². The van der Waals surface area contributed by atoms with Crippen molar-refractivity contribution < 1.29 is 0 Å². The van der Waals surface area contributed by atoms with Gasteiger partial charge in [-0.15, -0.1) is 0 Å². The lowest BCUT2D eigenvalue weighted by Gasteiger charge is -2.10. The van der Waals surface area contributed by atoms with Gasteiger partial charge in [0.25, 0.3) is 0 Å². The molecule has 0 aliphatic rings. The van der Waals surface area contributed by atoms with Crippen molar-refractivity contribution in [1.82, 2.24) is 0 Å². The van der Waals surface area contributed by atoms with Gasteiger partial charge in [-0.3, -0.25) is 0 Å². The maximum Gasteiger partial charge on any atom is 0.0181 e. The van der Waals surface area contributed by atoms with Gasteiger partial charge in [0, 0.05) is 4.47 Å². The molecule has 0 aliphatic heterocycles. The zero-order valence-electron chi connectivity index (χ0n) is 12.4. The minimum absolute atomic E-state index is 1.12. The van der Waals surface area contributed by atoms with Gasteiger partial charge in [-0.2, -0.15) is 0 Å². The summed E-state index contributed by atoms with van der Waals surface area (Å²) in [6.07, 6.45) is 0. The molecule has 0 bridgehead atoms. The van der Waals surface area contributed by atoms with Crippen LogP contribution in [0.4, 0.5) is 0 Å². The van der Waals surface area contributed by atoms with Gasteiger partial charge in [-0.05, 0) is 55.2 Å². The van der Waals surface area contributed by atoms with E-state index in [1.54, 1.807) is 0 Å². The molecule has 0 atom stereocenters. The predicted octanol–water partition coefficient (Wildman–Crippen LogP) is 7.06. The monoisotopic (exact) mass is 356 g/mol. The van der Waals surface area contributed by atoms with E-state index in [0.29, 0.717) is 0 Å². The number of benzene rings is 5. The molecule has 5 rings (SSSR count). The molecule has 0 spiro atoms. The highest BCUT2D eigenvalue weighted by Gasteiger charge is 2.07. The van der Waals surface area contributed by atoms with Crippen molar-refractivity contribution in [2.45, 2.75) is 0 Å². The van der Waals surface area contributed by atoms with E-state index in [2.05, 4.69) is 94.8 Å². The Morgan fingerprint density at radius 3 is 1.74 bits per heavy atom. The molecular formula is C22H13Br. The van der Waals surface area contributed by atoms with E-state index in [1.165, 1.54) is 43.1 Å². The van der Waals surface area contributed by atoms with Crippen LogP contribution in [0.15, 0.2) is 83.3 Å². The first-order valence-corrected chi connectivity index (χ1v) is 8.53. The lowest BCUT2D eigenvalue weighted by atomic mass is 9.94. The predicted molar refractivity (Wildman–Crippen MR) is 104 cm³/mol. The van der Waals surface area contributed by atoms with Crippen molar-refractivity contribution in [3.63, 3.8) is 0 Å². The van der Waals surface area contributed by atoms with Crippen molar-refractivity contribution in [3.8, 4) is 0 Å². The maximum atomic E-state index is 3.56. The van der Waals surface area contributed by atoms with Gasteiger partial charge in [-0.1, -0.05) is 82.7 Å². The highest BCUT2D eigenvalue weighted by molar-refractivity contribution is 9.10. The zero-order valence-corrected chi connectivity index (χ0v) is 14.0. The molecule has 5 aromatic rings. The first-order valence-electron chi connectivity index (χ1n) is 7.74. The molecule has 108 valence electrons. The molecular weight excluding hydrogens is 344 g/mol. The third kappa shape index (κ3) is 1.90. The van der Waals surface area contributed by atoms with Crippen molar-refractivity contribution in [2.75, 3.05) is 0 Å². The standard InChI is InChI=1S/C22H13Br/c23-16-7-10-18-15(13-16)6-9-22-20(18)12-11-19-17-4-2-1-3-14(17)5-8-21(19)22/h1-13H. The van der Waals surface area contributed by atoms with Gasteiger partial charge >= 0.3 is 0 Å². The Morgan fingerprint density at radius 2 is 0.957 bits per heavy atom. The molecule has 0 saturated heterocycles. The minimum atomic E-state index is 1.12. The van der Waals surface area contributed by atoms with Crippen LogP contribution >= 0.6 is 15.9 Å². The van der Waals surface area contributed by atoms with Gasteiger partial charge in [0.2, 0.25) is 0 Å². The average molecular weight is 357 g/mol. The third-order valence-electron chi connectivity index (χ3n) is 4.70. The van der Waals surface area contributed by atoms with Crippen LogP contribution in [-0.2, 0) is 0 Å². The molecule has 0 N–H and O–H groups in total. The normalized spacial score (nSPS) is 11.7. The first-order chi connectivity index (χ1) is 11.3. The Bertz CT molecular complexity index is 1220. The number of hydrogen-bond acceptors (Lipinski definition) is 0. The second-order valence-corrected chi connectivity index (χ2v) is 6.89. The summed E-state index contributed by atoms with van der Waals surface area (Å²) in [6.45, 7) is 0. The average Bonchev–Trinajstić information content (AvgIpc) is 2.60. The highest BCUT2D eigenvalue weighted by atomic mass is 79.9. The fourth-order valence-corrected chi connectivity index (χ4v) is 3.99. The summed E-state index contributed by atoms with van der Waals surface area (Å²) >= 11 is 3.56. The summed E-state index contributed by atoms with van der Waals surface area (Å²) in [5.74, 6) is 0. The number of hydrogen-bond donors (Lipinski definition) is 0. The Labute approximate surface area is 142 Å². The smallest absolute Gasteiger partial charge is 0.0181 e. The Kier molecular flexibility index (Phi) is 2.74. The van der Waals surface area contributed by atoms with E-state index in [1.807, 2.05) is 0 Å². The second kappa shape index (κ2) is 4.81. The van der Waals surface area contributed by atoms with E-state index in [0.717, 1.165) is 4.47 Å². The lowest BCUT2D eigenvalue weighted by Crippen LogP contribution is -1.82. The van der Waals surface area contributed by atoms with Crippen LogP contribution in [0, 0.1) is 0 Å². The SMILES string of the molecule is Brc1ccc2c(ccc3c2ccc2c4ccccc4ccc23)c1. The minimum Gasteiger partial charge on any atom is -0.0616 e. The number of fused-ring (bicyclic) bond motifs is 7. The molecule has 1 heteroatoms. The van der Waals surface area contributed by atoms with Gasteiger partial charge in [0.1, 0.15) is 0 Å². The topological polar surface area (TPSA) is 0 Å². The Morgan fingerprint density at radius 1 is 0.435 bits per heavy atom. The van der Waals surface area contributed by atoms with Gasteiger partial charge < -0.3 is 0 Å². The zero-order chi connectivity index (χ0) is 15.4. The molecule has 23 heavy (non-hydrogen) atoms. The van der Waals surface area contributed by atoms with E-state index in [-0.39, 0.29) is 0 Å². The van der Waals surface area contributed by atoms with Crippen LogP contribution in [0.25, 0.3) is 43.1 Å². The van der Waals surface area contributed by atoms with E-state index in [9.17, 15) is 0 Å². The molecule has 0 amide bonds. The fraction of sp³-hybridized carbons (Fsp3) is 0. The van der Waals surface area contributed by atoms with E-state index < -0.39 is 0 Å². The molecule has 0 radical (unpaired) electrons. The molecule has 0 aromatic heterocycles. The van der Waals surface area contributed by atoms with E-state index in [4.69, 9.17) is 0 Å². The highest BCUT2D eigenvalue weighted by Crippen LogP contribution is 2.35. The summed E-state index contributed by atoms with van der Waals surface area (Å²) in [5.41, 5.74) is 0. The fourth-order valence-electron chi connectivity index (χ4n) is 3.62. The molecule has 0 aliphatic carbocycles. The van der Waals surface area contributed by atoms with Crippen LogP contribution in [0.1, 0.15) is 0 Å². The van der Waals surface area contributed by atoms with Crippen LogP contribution in [0.2, 0.25) is 0 Å². The summed E-state index contributed by atoms with van der Waals surface area (Å²) in [4.78, 5) is 0. The first kappa shape index (κ1) is 13.1. The summed E-state index contributed by atoms with van der Waals surface area (Å²) < 4.78 is 1.12. The van der Waals surface area contributed by atoms with Crippen molar-refractivity contribution in [3.05, 3.63) is 83.3 Å². The second-order valence-electron chi connectivity index (χ2n) is 5.97. The largest absolute Gasteiger partial charge is 0.0616 e. The maximum absolute atomic E-state index is 3.56. The Balaban J connectivity index is 2.00. The van der Waals surface area contributed by atoms with Crippen LogP contribution in [0.5, 0.6) is 0 Å². The molecule has 0 heterocycles. The van der Waals surface area contributed by atoms with Crippen LogP contribution < -0.4 is 0 Å².